The summed E-state index contributed by atoms with van der Waals surface area (Å²) in [7, 11) is 2.12. The Morgan fingerprint density at radius 1 is 1.06 bits per heavy atom. The number of allylic oxidation sites excluding steroid dienone is 2. The van der Waals surface area contributed by atoms with E-state index in [1.165, 1.54) is 18.5 Å². The fourth-order valence-corrected chi connectivity index (χ4v) is 5.44. The smallest absolute Gasteiger partial charge is 0.308 e. The maximum atomic E-state index is 12.8. The van der Waals surface area contributed by atoms with Crippen molar-refractivity contribution in [1.29, 1.82) is 0 Å². The topological polar surface area (TPSA) is 66.8 Å². The van der Waals surface area contributed by atoms with Crippen molar-refractivity contribution in [2.75, 3.05) is 13.7 Å². The first-order valence-corrected chi connectivity index (χ1v) is 14.9. The van der Waals surface area contributed by atoms with E-state index in [1.54, 1.807) is 13.8 Å². The molecule has 0 bridgehead atoms. The molecule has 5 nitrogen and oxygen atoms in total. The minimum Gasteiger partial charge on any atom is -0.466 e. The summed E-state index contributed by atoms with van der Waals surface area (Å²) in [5, 5.41) is 13.2. The van der Waals surface area contributed by atoms with E-state index in [9.17, 15) is 14.7 Å². The van der Waals surface area contributed by atoms with Crippen LogP contribution in [0.15, 0.2) is 23.3 Å². The summed E-state index contributed by atoms with van der Waals surface area (Å²) in [6.45, 7) is 18.5. The summed E-state index contributed by atoms with van der Waals surface area (Å²) in [6.07, 6.45) is 9.35. The molecule has 0 saturated carbocycles. The van der Waals surface area contributed by atoms with Crippen molar-refractivity contribution in [3.63, 3.8) is 0 Å². The first-order chi connectivity index (χ1) is 16.9. The Hall–Kier alpha value is -1.27. The van der Waals surface area contributed by atoms with Gasteiger partial charge in [0.2, 0.25) is 0 Å². The van der Waals surface area contributed by atoms with Crippen LogP contribution in [-0.4, -0.2) is 46.9 Å². The van der Waals surface area contributed by atoms with Crippen LogP contribution in [0.4, 0.5) is 0 Å². The molecule has 1 N–H and O–H groups in total. The molecule has 210 valence electrons. The number of ether oxygens (including phenoxy) is 1. The average molecular weight is 526 g/mol. The van der Waals surface area contributed by atoms with Crippen LogP contribution in [-0.2, 0) is 14.3 Å². The van der Waals surface area contributed by atoms with Crippen LogP contribution < -0.4 is 0 Å². The number of carbonyl (C=O) groups is 2. The number of thioether (sulfide) groups is 1. The van der Waals surface area contributed by atoms with E-state index >= 15 is 0 Å². The Balaban J connectivity index is 0.000000845. The van der Waals surface area contributed by atoms with Gasteiger partial charge < -0.3 is 14.7 Å². The lowest BCUT2D eigenvalue weighted by Gasteiger charge is -2.32. The number of carbonyl (C=O) groups excluding carboxylic acids is 2. The highest BCUT2D eigenvalue weighted by Crippen LogP contribution is 2.32. The van der Waals surface area contributed by atoms with Gasteiger partial charge in [0.05, 0.1) is 29.9 Å². The van der Waals surface area contributed by atoms with Crippen molar-refractivity contribution in [2.24, 2.45) is 23.2 Å². The monoisotopic (exact) mass is 525 g/mol. The summed E-state index contributed by atoms with van der Waals surface area (Å²) in [5.41, 5.74) is 0.393. The van der Waals surface area contributed by atoms with E-state index < -0.39 is 17.5 Å². The van der Waals surface area contributed by atoms with E-state index in [1.807, 2.05) is 39.5 Å². The lowest BCUT2D eigenvalue weighted by atomic mass is 9.74. The van der Waals surface area contributed by atoms with Crippen LogP contribution in [0.2, 0.25) is 0 Å². The lowest BCUT2D eigenvalue weighted by Crippen LogP contribution is -2.42. The number of ketones is 1. The summed E-state index contributed by atoms with van der Waals surface area (Å²) in [4.78, 5) is 26.9. The van der Waals surface area contributed by atoms with Gasteiger partial charge in [0, 0.05) is 18.7 Å². The highest BCUT2D eigenvalue weighted by atomic mass is 32.2. The quantitative estimate of drug-likeness (QED) is 0.356. The first-order valence-electron chi connectivity index (χ1n) is 14.0. The standard InChI is InChI=1S/C20H36O4.C8H13NS.C2H6/c1-14-8-6-9-15(2)12-16(3)19(23)20(4,5)17(21)13-18(22)24-11-7-10-14;1-4-5-8-6-10-7(2)9(8)3;1-2/h14-17,21H,6-13H2,1-5H3;4-7H,1-3H3;1-2H3/b;5-4-;. The van der Waals surface area contributed by atoms with Crippen molar-refractivity contribution in [1.82, 2.24) is 4.90 Å². The summed E-state index contributed by atoms with van der Waals surface area (Å²) in [6, 6.07) is 0. The highest BCUT2D eigenvalue weighted by molar-refractivity contribution is 8.02. The number of cyclic esters (lactones) is 1. The first kappa shape index (κ1) is 34.7. The number of aliphatic hydroxyl groups excluding tert-OH is 1. The van der Waals surface area contributed by atoms with E-state index in [0.717, 1.165) is 25.7 Å². The number of aliphatic hydroxyl groups is 1. The van der Waals surface area contributed by atoms with E-state index in [0.29, 0.717) is 23.8 Å². The molecule has 5 unspecified atom stereocenters. The fraction of sp³-hybridized carbons (Fsp3) is 0.800. The van der Waals surface area contributed by atoms with Gasteiger partial charge >= 0.3 is 5.97 Å². The molecule has 2 heterocycles. The molecule has 2 aliphatic heterocycles. The molecular formula is C30H55NO4S. The van der Waals surface area contributed by atoms with Crippen LogP contribution in [0.25, 0.3) is 0 Å². The zero-order chi connectivity index (χ0) is 27.9. The molecule has 5 atom stereocenters. The van der Waals surface area contributed by atoms with E-state index in [4.69, 9.17) is 4.74 Å². The average Bonchev–Trinajstić information content (AvgIpc) is 3.15. The van der Waals surface area contributed by atoms with Crippen LogP contribution >= 0.6 is 11.8 Å². The molecule has 2 rings (SSSR count). The van der Waals surface area contributed by atoms with Gasteiger partial charge in [-0.1, -0.05) is 73.8 Å². The van der Waals surface area contributed by atoms with Crippen molar-refractivity contribution in [3.05, 3.63) is 23.3 Å². The predicted molar refractivity (Wildman–Crippen MR) is 155 cm³/mol. The molecule has 0 aromatic heterocycles. The van der Waals surface area contributed by atoms with Crippen molar-refractivity contribution in [2.45, 2.75) is 119 Å². The number of nitrogens with zero attached hydrogens (tertiary/aromatic N) is 1. The molecule has 0 amide bonds. The number of hydrogen-bond donors (Lipinski definition) is 1. The van der Waals surface area contributed by atoms with E-state index in [2.05, 4.69) is 50.3 Å². The minimum absolute atomic E-state index is 0.0371. The number of Topliss-reactive ketones (excluding diaryl/α,β-unsaturated/α-hetero) is 1. The Morgan fingerprint density at radius 2 is 1.64 bits per heavy atom. The molecule has 0 radical (unpaired) electrons. The van der Waals surface area contributed by atoms with Gasteiger partial charge in [0.15, 0.2) is 0 Å². The third-order valence-corrected chi connectivity index (χ3v) is 8.29. The van der Waals surface area contributed by atoms with Crippen LogP contribution in [0, 0.1) is 23.2 Å². The highest BCUT2D eigenvalue weighted by Gasteiger charge is 2.39. The van der Waals surface area contributed by atoms with Crippen LogP contribution in [0.3, 0.4) is 0 Å². The largest absolute Gasteiger partial charge is 0.466 e. The van der Waals surface area contributed by atoms with Crippen molar-refractivity contribution >= 4 is 23.5 Å². The summed E-state index contributed by atoms with van der Waals surface area (Å²) >= 11 is 1.87. The maximum Gasteiger partial charge on any atom is 0.308 e. The second-order valence-corrected chi connectivity index (χ2v) is 12.0. The molecule has 0 spiro atoms. The van der Waals surface area contributed by atoms with Gasteiger partial charge in [-0.15, -0.1) is 11.8 Å². The van der Waals surface area contributed by atoms with Gasteiger partial charge in [-0.3, -0.25) is 9.59 Å². The number of rotatable bonds is 1. The van der Waals surface area contributed by atoms with Gasteiger partial charge in [-0.05, 0) is 56.4 Å². The van der Waals surface area contributed by atoms with E-state index in [-0.39, 0.29) is 18.1 Å². The molecule has 6 heteroatoms. The molecule has 1 saturated heterocycles. The Bertz CT molecular complexity index is 703. The van der Waals surface area contributed by atoms with Crippen LogP contribution in [0.1, 0.15) is 107 Å². The molecule has 0 aliphatic carbocycles. The van der Waals surface area contributed by atoms with Gasteiger partial charge in [-0.25, -0.2) is 0 Å². The number of esters is 1. The second kappa shape index (κ2) is 18.1. The van der Waals surface area contributed by atoms with Gasteiger partial charge in [0.1, 0.15) is 5.78 Å². The predicted octanol–water partition coefficient (Wildman–Crippen LogP) is 7.59. The number of likely N-dealkylation sites (N-methyl/N-ethyl adjacent to an activating group) is 1. The van der Waals surface area contributed by atoms with Gasteiger partial charge in [0.25, 0.3) is 0 Å². The summed E-state index contributed by atoms with van der Waals surface area (Å²) in [5.74, 6) is 0.652. The molecule has 1 fully saturated rings. The second-order valence-electron chi connectivity index (χ2n) is 10.8. The number of hydrogen-bond acceptors (Lipinski definition) is 6. The van der Waals surface area contributed by atoms with Crippen LogP contribution in [0.5, 0.6) is 0 Å². The zero-order valence-corrected chi connectivity index (χ0v) is 25.6. The minimum atomic E-state index is -0.998. The molecular weight excluding hydrogens is 470 g/mol. The normalized spacial score (nSPS) is 30.5. The van der Waals surface area contributed by atoms with Crippen molar-refractivity contribution < 1.29 is 19.4 Å². The third-order valence-electron chi connectivity index (χ3n) is 7.21. The lowest BCUT2D eigenvalue weighted by molar-refractivity contribution is -0.150. The Morgan fingerprint density at radius 3 is 2.19 bits per heavy atom. The maximum absolute atomic E-state index is 12.8. The van der Waals surface area contributed by atoms with Crippen molar-refractivity contribution in [3.8, 4) is 0 Å². The molecule has 2 aliphatic rings. The molecule has 36 heavy (non-hydrogen) atoms. The molecule has 0 aromatic carbocycles. The Kier molecular flexibility index (Phi) is 17.4. The third kappa shape index (κ3) is 12.3. The molecule has 0 aromatic rings. The SMILES string of the molecule is C/C=C\C1=CSC(C)N1C.CC.CC1CCCOC(=O)CC(O)C(C)(C)C(=O)C(C)CC(C)CCC1. The fourth-order valence-electron chi connectivity index (χ4n) is 4.56. The van der Waals surface area contributed by atoms with Gasteiger partial charge in [-0.2, -0.15) is 0 Å². The summed E-state index contributed by atoms with van der Waals surface area (Å²) < 4.78 is 5.22. The Labute approximate surface area is 226 Å². The zero-order valence-electron chi connectivity index (χ0n) is 24.8.